The van der Waals surface area contributed by atoms with Gasteiger partial charge in [-0.05, 0) is 51.8 Å². The van der Waals surface area contributed by atoms with Gasteiger partial charge < -0.3 is 4.90 Å². The number of anilines is 1. The Morgan fingerprint density at radius 2 is 1.96 bits per heavy atom. The Kier molecular flexibility index (Phi) is 4.59. The number of hydrazine groups is 1. The zero-order chi connectivity index (χ0) is 18.2. The molecular weight excluding hydrogens is 340 g/mol. The standard InChI is InChI=1S/C17H24N4O3S/c1-17(2,3)20-18-16(22)12-8-9-13-14(11-12)25(23,24)19-15-7-5-4-6-10-21(13)15/h8-9,11,20H,4-7,10H2,1-3H3,(H,18,22). The molecule has 0 spiro atoms. The summed E-state index contributed by atoms with van der Waals surface area (Å²) in [5, 5.41) is 0. The van der Waals surface area contributed by atoms with E-state index in [4.69, 9.17) is 0 Å². The molecule has 0 bridgehead atoms. The number of fused-ring (bicyclic) bond motifs is 3. The molecule has 1 fully saturated rings. The van der Waals surface area contributed by atoms with Gasteiger partial charge in [0.2, 0.25) is 0 Å². The van der Waals surface area contributed by atoms with Crippen molar-refractivity contribution >= 4 is 27.5 Å². The maximum absolute atomic E-state index is 12.6. The third-order valence-electron chi connectivity index (χ3n) is 4.16. The van der Waals surface area contributed by atoms with Crippen molar-refractivity contribution in [3.8, 4) is 0 Å². The third kappa shape index (κ3) is 3.85. The summed E-state index contributed by atoms with van der Waals surface area (Å²) in [4.78, 5) is 14.4. The maximum Gasteiger partial charge on any atom is 0.286 e. The van der Waals surface area contributed by atoms with Gasteiger partial charge in [0.25, 0.3) is 15.9 Å². The maximum atomic E-state index is 12.6. The number of hydrogen-bond acceptors (Lipinski definition) is 5. The van der Waals surface area contributed by atoms with Crippen LogP contribution < -0.4 is 15.8 Å². The number of hydrogen-bond donors (Lipinski definition) is 2. The highest BCUT2D eigenvalue weighted by Crippen LogP contribution is 2.34. The molecule has 136 valence electrons. The topological polar surface area (TPSA) is 90.9 Å². The highest BCUT2D eigenvalue weighted by Gasteiger charge is 2.32. The molecule has 2 aliphatic rings. The minimum atomic E-state index is -3.78. The number of amidine groups is 1. The van der Waals surface area contributed by atoms with Crippen molar-refractivity contribution in [3.05, 3.63) is 23.8 Å². The van der Waals surface area contributed by atoms with Gasteiger partial charge in [-0.3, -0.25) is 10.2 Å². The molecule has 2 N–H and O–H groups in total. The monoisotopic (exact) mass is 364 g/mol. The van der Waals surface area contributed by atoms with Crippen LogP contribution >= 0.6 is 0 Å². The van der Waals surface area contributed by atoms with Crippen molar-refractivity contribution in [2.75, 3.05) is 11.4 Å². The van der Waals surface area contributed by atoms with E-state index in [0.29, 0.717) is 17.9 Å². The van der Waals surface area contributed by atoms with Gasteiger partial charge in [-0.2, -0.15) is 8.42 Å². The van der Waals surface area contributed by atoms with Gasteiger partial charge >= 0.3 is 0 Å². The fourth-order valence-corrected chi connectivity index (χ4v) is 4.22. The van der Waals surface area contributed by atoms with Crippen LogP contribution in [0.15, 0.2) is 27.5 Å². The van der Waals surface area contributed by atoms with Gasteiger partial charge in [0.05, 0.1) is 5.69 Å². The van der Waals surface area contributed by atoms with E-state index >= 15 is 0 Å². The minimum Gasteiger partial charge on any atom is -0.328 e. The first-order valence-corrected chi connectivity index (χ1v) is 9.94. The lowest BCUT2D eigenvalue weighted by Gasteiger charge is -2.29. The first-order chi connectivity index (χ1) is 11.7. The second-order valence-corrected chi connectivity index (χ2v) is 9.03. The number of nitrogens with zero attached hydrogens (tertiary/aromatic N) is 2. The molecule has 8 heteroatoms. The highest BCUT2D eigenvalue weighted by atomic mass is 32.2. The summed E-state index contributed by atoms with van der Waals surface area (Å²) in [6.07, 6.45) is 3.66. The number of carbonyl (C=O) groups excluding carboxylic acids is 1. The van der Waals surface area contributed by atoms with Crippen molar-refractivity contribution in [1.82, 2.24) is 10.9 Å². The van der Waals surface area contributed by atoms with E-state index in [2.05, 4.69) is 15.2 Å². The first-order valence-electron chi connectivity index (χ1n) is 8.50. The fourth-order valence-electron chi connectivity index (χ4n) is 2.94. The normalized spacial score (nSPS) is 19.3. The molecule has 0 aromatic heterocycles. The second-order valence-electron chi connectivity index (χ2n) is 7.46. The molecule has 7 nitrogen and oxygen atoms in total. The quantitative estimate of drug-likeness (QED) is 0.785. The lowest BCUT2D eigenvalue weighted by molar-refractivity contribution is 0.0914. The molecular formula is C17H24N4O3S. The third-order valence-corrected chi connectivity index (χ3v) is 5.49. The number of nitrogens with one attached hydrogen (secondary N) is 2. The van der Waals surface area contributed by atoms with Gasteiger partial charge in [-0.15, -0.1) is 4.40 Å². The Morgan fingerprint density at radius 1 is 1.20 bits per heavy atom. The van der Waals surface area contributed by atoms with E-state index in [1.807, 2.05) is 25.7 Å². The van der Waals surface area contributed by atoms with E-state index in [1.165, 1.54) is 6.07 Å². The van der Waals surface area contributed by atoms with E-state index < -0.39 is 10.0 Å². The van der Waals surface area contributed by atoms with Crippen molar-refractivity contribution in [1.29, 1.82) is 0 Å². The van der Waals surface area contributed by atoms with Crippen molar-refractivity contribution in [2.45, 2.75) is 56.9 Å². The average molecular weight is 364 g/mol. The minimum absolute atomic E-state index is 0.0987. The summed E-state index contributed by atoms with van der Waals surface area (Å²) in [6.45, 7) is 6.50. The Morgan fingerprint density at radius 3 is 2.68 bits per heavy atom. The van der Waals surface area contributed by atoms with Crippen LogP contribution in [0.5, 0.6) is 0 Å². The summed E-state index contributed by atoms with van der Waals surface area (Å²) >= 11 is 0. The largest absolute Gasteiger partial charge is 0.328 e. The first kappa shape index (κ1) is 17.9. The Hall–Kier alpha value is -1.93. The SMILES string of the molecule is CC(C)(C)NNC(=O)c1ccc2c(c1)S(=O)(=O)N=C1CCCCCN12. The van der Waals surface area contributed by atoms with E-state index in [1.54, 1.807) is 12.1 Å². The van der Waals surface area contributed by atoms with Crippen LogP contribution in [-0.2, 0) is 10.0 Å². The summed E-state index contributed by atoms with van der Waals surface area (Å²) in [5.41, 5.74) is 6.11. The summed E-state index contributed by atoms with van der Waals surface area (Å²) in [6, 6.07) is 4.77. The van der Waals surface area contributed by atoms with Crippen molar-refractivity contribution in [2.24, 2.45) is 4.40 Å². The van der Waals surface area contributed by atoms with Crippen LogP contribution in [0.2, 0.25) is 0 Å². The molecule has 25 heavy (non-hydrogen) atoms. The van der Waals surface area contributed by atoms with Gasteiger partial charge in [0.15, 0.2) is 0 Å². The number of sulfonamides is 1. The molecule has 2 aliphatic heterocycles. The lowest BCUT2D eigenvalue weighted by atomic mass is 10.1. The molecule has 3 rings (SSSR count). The number of carbonyl (C=O) groups is 1. The number of benzene rings is 1. The average Bonchev–Trinajstić information content (AvgIpc) is 2.76. The Bertz CT molecular complexity index is 825. The Labute approximate surface area is 148 Å². The number of rotatable bonds is 2. The van der Waals surface area contributed by atoms with E-state index in [9.17, 15) is 13.2 Å². The molecule has 1 saturated heterocycles. The lowest BCUT2D eigenvalue weighted by Crippen LogP contribution is -2.48. The van der Waals surface area contributed by atoms with Crippen molar-refractivity contribution < 1.29 is 13.2 Å². The van der Waals surface area contributed by atoms with Crippen LogP contribution in [0.25, 0.3) is 0 Å². The summed E-state index contributed by atoms with van der Waals surface area (Å²) in [7, 11) is -3.78. The second kappa shape index (κ2) is 6.42. The smallest absolute Gasteiger partial charge is 0.286 e. The van der Waals surface area contributed by atoms with Crippen LogP contribution in [-0.4, -0.2) is 32.2 Å². The van der Waals surface area contributed by atoms with Gasteiger partial charge in [0.1, 0.15) is 10.7 Å². The Balaban J connectivity index is 1.94. The molecule has 0 saturated carbocycles. The molecule has 0 aliphatic carbocycles. The molecule has 2 heterocycles. The number of amides is 1. The van der Waals surface area contributed by atoms with Crippen LogP contribution in [0.1, 0.15) is 56.8 Å². The van der Waals surface area contributed by atoms with Gasteiger partial charge in [-0.1, -0.05) is 6.42 Å². The molecule has 0 atom stereocenters. The molecule has 1 aromatic rings. The molecule has 0 radical (unpaired) electrons. The zero-order valence-electron chi connectivity index (χ0n) is 14.8. The summed E-state index contributed by atoms with van der Waals surface area (Å²) in [5.74, 6) is 0.232. The zero-order valence-corrected chi connectivity index (χ0v) is 15.6. The summed E-state index contributed by atoms with van der Waals surface area (Å²) < 4.78 is 29.1. The van der Waals surface area contributed by atoms with Crippen LogP contribution in [0, 0.1) is 0 Å². The predicted octanol–water partition coefficient (Wildman–Crippen LogP) is 2.20. The van der Waals surface area contributed by atoms with E-state index in [-0.39, 0.29) is 21.9 Å². The van der Waals surface area contributed by atoms with Crippen LogP contribution in [0.4, 0.5) is 5.69 Å². The van der Waals surface area contributed by atoms with Gasteiger partial charge in [-0.25, -0.2) is 5.43 Å². The highest BCUT2D eigenvalue weighted by molar-refractivity contribution is 7.90. The van der Waals surface area contributed by atoms with E-state index in [0.717, 1.165) is 25.8 Å². The fraction of sp³-hybridized carbons (Fsp3) is 0.529. The molecule has 1 amide bonds. The molecule has 0 unspecified atom stereocenters. The molecule has 1 aromatic carbocycles. The predicted molar refractivity (Wildman–Crippen MR) is 97.2 cm³/mol. The van der Waals surface area contributed by atoms with Crippen LogP contribution in [0.3, 0.4) is 0 Å². The van der Waals surface area contributed by atoms with Gasteiger partial charge in [0, 0.05) is 24.1 Å². The van der Waals surface area contributed by atoms with Crippen molar-refractivity contribution in [3.63, 3.8) is 0 Å².